The van der Waals surface area contributed by atoms with Crippen LogP contribution in [0.1, 0.15) is 40.4 Å². The maximum Gasteiger partial charge on any atom is 0.285 e. The fourth-order valence-electron chi connectivity index (χ4n) is 3.71. The van der Waals surface area contributed by atoms with Crippen LogP contribution in [0.4, 0.5) is 5.69 Å². The number of nitrogens with zero attached hydrogens (tertiary/aromatic N) is 2. The van der Waals surface area contributed by atoms with Gasteiger partial charge >= 0.3 is 0 Å². The van der Waals surface area contributed by atoms with E-state index in [0.717, 1.165) is 37.2 Å². The van der Waals surface area contributed by atoms with Crippen LogP contribution in [-0.4, -0.2) is 42.5 Å². The van der Waals surface area contributed by atoms with Gasteiger partial charge in [0.25, 0.3) is 11.6 Å². The molecular weight excluding hydrogens is 358 g/mol. The quantitative estimate of drug-likeness (QED) is 0.584. The van der Waals surface area contributed by atoms with Crippen LogP contribution in [0.3, 0.4) is 0 Å². The Bertz CT molecular complexity index is 845. The number of carbonyl (C=O) groups is 1. The van der Waals surface area contributed by atoms with E-state index in [9.17, 15) is 14.9 Å². The molecule has 1 atom stereocenters. The maximum atomic E-state index is 12.7. The van der Waals surface area contributed by atoms with Gasteiger partial charge in [0.1, 0.15) is 11.3 Å². The highest BCUT2D eigenvalue weighted by molar-refractivity contribution is 5.98. The fraction of sp³-hybridized carbons (Fsp3) is 0.381. The van der Waals surface area contributed by atoms with Gasteiger partial charge in [0.2, 0.25) is 0 Å². The molecule has 148 valence electrons. The minimum Gasteiger partial charge on any atom is -0.497 e. The molecule has 1 saturated heterocycles. The van der Waals surface area contributed by atoms with Crippen molar-refractivity contribution in [3.05, 3.63) is 69.3 Å². The van der Waals surface area contributed by atoms with Crippen molar-refractivity contribution < 1.29 is 14.5 Å². The van der Waals surface area contributed by atoms with Gasteiger partial charge in [0.15, 0.2) is 0 Å². The summed E-state index contributed by atoms with van der Waals surface area (Å²) in [5.41, 5.74) is 1.52. The van der Waals surface area contributed by atoms with Crippen LogP contribution in [0, 0.1) is 17.0 Å². The molecule has 2 aromatic rings. The second-order valence-corrected chi connectivity index (χ2v) is 6.97. The molecule has 1 aliphatic rings. The molecule has 1 N–H and O–H groups in total. The Kier molecular flexibility index (Phi) is 6.26. The largest absolute Gasteiger partial charge is 0.497 e. The molecule has 2 aromatic carbocycles. The summed E-state index contributed by atoms with van der Waals surface area (Å²) in [5, 5.41) is 14.3. The minimum atomic E-state index is -0.494. The number of likely N-dealkylation sites (tertiary alicyclic amines) is 1. The van der Waals surface area contributed by atoms with Crippen molar-refractivity contribution in [1.29, 1.82) is 0 Å². The first kappa shape index (κ1) is 19.8. The highest BCUT2D eigenvalue weighted by Crippen LogP contribution is 2.27. The number of aryl methyl sites for hydroxylation is 1. The van der Waals surface area contributed by atoms with Crippen molar-refractivity contribution in [3.63, 3.8) is 0 Å². The maximum absolute atomic E-state index is 12.7. The van der Waals surface area contributed by atoms with Crippen molar-refractivity contribution in [1.82, 2.24) is 10.2 Å². The topological polar surface area (TPSA) is 84.7 Å². The average molecular weight is 383 g/mol. The van der Waals surface area contributed by atoms with E-state index >= 15 is 0 Å². The van der Waals surface area contributed by atoms with Crippen LogP contribution in [0.2, 0.25) is 0 Å². The molecule has 0 saturated carbocycles. The number of nitro groups is 1. The zero-order valence-electron chi connectivity index (χ0n) is 16.2. The molecule has 7 nitrogen and oxygen atoms in total. The number of rotatable bonds is 7. The number of nitro benzene ring substituents is 1. The Morgan fingerprint density at radius 1 is 1.21 bits per heavy atom. The van der Waals surface area contributed by atoms with Crippen LogP contribution >= 0.6 is 0 Å². The predicted molar refractivity (Wildman–Crippen MR) is 107 cm³/mol. The molecule has 1 aliphatic heterocycles. The Hall–Kier alpha value is -2.93. The Morgan fingerprint density at radius 3 is 2.50 bits per heavy atom. The lowest BCUT2D eigenvalue weighted by atomic mass is 10.0. The molecule has 1 amide bonds. The SMILES string of the molecule is COc1ccc(C(CNC(=O)c2cccc(C)c2[N+](=O)[O-])N2CCCC2)cc1. The van der Waals surface area contributed by atoms with E-state index in [4.69, 9.17) is 4.74 Å². The summed E-state index contributed by atoms with van der Waals surface area (Å²) in [6.45, 7) is 3.96. The first-order valence-corrected chi connectivity index (χ1v) is 9.41. The van der Waals surface area contributed by atoms with E-state index in [0.29, 0.717) is 12.1 Å². The molecule has 3 rings (SSSR count). The first-order valence-electron chi connectivity index (χ1n) is 9.41. The lowest BCUT2D eigenvalue weighted by Gasteiger charge is -2.28. The molecule has 28 heavy (non-hydrogen) atoms. The number of amides is 1. The number of hydrogen-bond donors (Lipinski definition) is 1. The van der Waals surface area contributed by atoms with Gasteiger partial charge in [-0.25, -0.2) is 0 Å². The highest BCUT2D eigenvalue weighted by atomic mass is 16.6. The third-order valence-electron chi connectivity index (χ3n) is 5.20. The number of nitrogens with one attached hydrogen (secondary N) is 1. The van der Waals surface area contributed by atoms with Gasteiger partial charge < -0.3 is 10.1 Å². The van der Waals surface area contributed by atoms with Gasteiger partial charge in [0.05, 0.1) is 18.1 Å². The number of methoxy groups -OCH3 is 1. The molecule has 0 aliphatic carbocycles. The number of carbonyl (C=O) groups excluding carboxylic acids is 1. The summed E-state index contributed by atoms with van der Waals surface area (Å²) in [6, 6.07) is 12.6. The van der Waals surface area contributed by atoms with Crippen molar-refractivity contribution in [3.8, 4) is 5.75 Å². The summed E-state index contributed by atoms with van der Waals surface area (Å²) < 4.78 is 5.23. The third kappa shape index (κ3) is 4.31. The van der Waals surface area contributed by atoms with Gasteiger partial charge in [-0.3, -0.25) is 19.8 Å². The minimum absolute atomic E-state index is 0.0150. The van der Waals surface area contributed by atoms with Gasteiger partial charge in [0, 0.05) is 12.1 Å². The molecule has 0 spiro atoms. The van der Waals surface area contributed by atoms with Crippen molar-refractivity contribution in [2.75, 3.05) is 26.7 Å². The monoisotopic (exact) mass is 383 g/mol. The standard InChI is InChI=1S/C21H25N3O4/c1-15-6-5-7-18(20(15)24(26)27)21(25)22-14-19(23-12-3-4-13-23)16-8-10-17(28-2)11-9-16/h5-11,19H,3-4,12-14H2,1-2H3,(H,22,25). The summed E-state index contributed by atoms with van der Waals surface area (Å²) in [7, 11) is 1.63. The van der Waals surface area contributed by atoms with E-state index in [1.165, 1.54) is 6.07 Å². The molecule has 0 radical (unpaired) electrons. The average Bonchev–Trinajstić information content (AvgIpc) is 3.22. The van der Waals surface area contributed by atoms with Crippen LogP contribution in [0.5, 0.6) is 5.75 Å². The van der Waals surface area contributed by atoms with Crippen molar-refractivity contribution >= 4 is 11.6 Å². The fourth-order valence-corrected chi connectivity index (χ4v) is 3.71. The van der Waals surface area contributed by atoms with Crippen LogP contribution in [-0.2, 0) is 0 Å². The highest BCUT2D eigenvalue weighted by Gasteiger charge is 2.26. The van der Waals surface area contributed by atoms with E-state index in [-0.39, 0.29) is 17.3 Å². The molecule has 1 fully saturated rings. The lowest BCUT2D eigenvalue weighted by molar-refractivity contribution is -0.385. The smallest absolute Gasteiger partial charge is 0.285 e. The van der Waals surface area contributed by atoms with Crippen LogP contribution in [0.25, 0.3) is 0 Å². The summed E-state index contributed by atoms with van der Waals surface area (Å²) in [4.78, 5) is 25.9. The molecule has 7 heteroatoms. The Labute approximate surface area is 164 Å². The van der Waals surface area contributed by atoms with Crippen molar-refractivity contribution in [2.24, 2.45) is 0 Å². The molecule has 1 heterocycles. The number of ether oxygens (including phenoxy) is 1. The first-order chi connectivity index (χ1) is 13.5. The predicted octanol–water partition coefficient (Wildman–Crippen LogP) is 3.48. The summed E-state index contributed by atoms with van der Waals surface area (Å²) in [6.07, 6.45) is 2.26. The van der Waals surface area contributed by atoms with Crippen LogP contribution < -0.4 is 10.1 Å². The number of benzene rings is 2. The van der Waals surface area contributed by atoms with Gasteiger partial charge in [-0.15, -0.1) is 0 Å². The van der Waals surface area contributed by atoms with E-state index in [2.05, 4.69) is 10.2 Å². The third-order valence-corrected chi connectivity index (χ3v) is 5.20. The molecule has 1 unspecified atom stereocenters. The van der Waals surface area contributed by atoms with Crippen molar-refractivity contribution in [2.45, 2.75) is 25.8 Å². The summed E-state index contributed by atoms with van der Waals surface area (Å²) >= 11 is 0. The zero-order chi connectivity index (χ0) is 20.1. The zero-order valence-corrected chi connectivity index (χ0v) is 16.2. The number of hydrogen-bond acceptors (Lipinski definition) is 5. The number of para-hydroxylation sites is 1. The van der Waals surface area contributed by atoms with Gasteiger partial charge in [-0.05, 0) is 56.6 Å². The van der Waals surface area contributed by atoms with E-state index < -0.39 is 10.8 Å². The Morgan fingerprint density at radius 2 is 1.89 bits per heavy atom. The van der Waals surface area contributed by atoms with Crippen LogP contribution in [0.15, 0.2) is 42.5 Å². The molecule has 0 aromatic heterocycles. The van der Waals surface area contributed by atoms with E-state index in [1.807, 2.05) is 24.3 Å². The second-order valence-electron chi connectivity index (χ2n) is 6.97. The lowest BCUT2D eigenvalue weighted by Crippen LogP contribution is -2.37. The molecular formula is C21H25N3O4. The second kappa shape index (κ2) is 8.84. The van der Waals surface area contributed by atoms with Gasteiger partial charge in [-0.1, -0.05) is 24.3 Å². The summed E-state index contributed by atoms with van der Waals surface area (Å²) in [5.74, 6) is 0.358. The molecule has 0 bridgehead atoms. The van der Waals surface area contributed by atoms with E-state index in [1.54, 1.807) is 26.2 Å². The normalized spacial score (nSPS) is 15.2. The Balaban J connectivity index is 1.79. The van der Waals surface area contributed by atoms with Gasteiger partial charge in [-0.2, -0.15) is 0 Å².